The summed E-state index contributed by atoms with van der Waals surface area (Å²) in [6.45, 7) is 2.61. The molecule has 4 aliphatic rings. The Bertz CT molecular complexity index is 779. The number of halogens is 3. The van der Waals surface area contributed by atoms with Crippen LogP contribution < -0.4 is 0 Å². The van der Waals surface area contributed by atoms with E-state index in [-0.39, 0.29) is 23.0 Å². The van der Waals surface area contributed by atoms with E-state index in [4.69, 9.17) is 0 Å². The Morgan fingerprint density at radius 2 is 1.87 bits per heavy atom. The van der Waals surface area contributed by atoms with Crippen molar-refractivity contribution in [3.8, 4) is 0 Å². The van der Waals surface area contributed by atoms with Crippen LogP contribution in [0.3, 0.4) is 0 Å². The highest BCUT2D eigenvalue weighted by Crippen LogP contribution is 2.65. The molecule has 166 valence electrons. The van der Waals surface area contributed by atoms with Crippen molar-refractivity contribution in [2.45, 2.75) is 77.4 Å². The molecule has 1 aromatic heterocycles. The summed E-state index contributed by atoms with van der Waals surface area (Å²) in [4.78, 5) is 17.0. The zero-order valence-corrected chi connectivity index (χ0v) is 17.7. The Hall–Kier alpha value is -1.40. The number of aromatic nitrogens is 3. The van der Waals surface area contributed by atoms with Crippen LogP contribution in [0.4, 0.5) is 13.2 Å². The van der Waals surface area contributed by atoms with E-state index < -0.39 is 12.1 Å². The van der Waals surface area contributed by atoms with Crippen LogP contribution in [0.25, 0.3) is 0 Å². The Balaban J connectivity index is 1.29. The third-order valence-electron chi connectivity index (χ3n) is 9.59. The molecule has 0 aliphatic heterocycles. The molecule has 0 amide bonds. The average Bonchev–Trinajstić information content (AvgIpc) is 3.33. The zero-order chi connectivity index (χ0) is 21.1. The summed E-state index contributed by atoms with van der Waals surface area (Å²) in [6.07, 6.45) is 6.60. The maximum atomic E-state index is 13.3. The van der Waals surface area contributed by atoms with Gasteiger partial charge in [-0.3, -0.25) is 4.79 Å². The number of rotatable bonds is 3. The summed E-state index contributed by atoms with van der Waals surface area (Å²) in [6, 6.07) is 0. The predicted octanol–water partition coefficient (Wildman–Crippen LogP) is 5.29. The first-order chi connectivity index (χ1) is 14.3. The zero-order valence-electron chi connectivity index (χ0n) is 17.7. The molecule has 0 bridgehead atoms. The molecule has 0 radical (unpaired) electrons. The summed E-state index contributed by atoms with van der Waals surface area (Å²) in [5.41, 5.74) is 0.0365. The van der Waals surface area contributed by atoms with E-state index in [1.54, 1.807) is 11.0 Å². The van der Waals surface area contributed by atoms with Gasteiger partial charge in [-0.25, -0.2) is 9.67 Å². The number of alkyl halides is 3. The molecule has 4 aliphatic carbocycles. The summed E-state index contributed by atoms with van der Waals surface area (Å²) in [5, 5.41) is 4.09. The van der Waals surface area contributed by atoms with Gasteiger partial charge in [0.25, 0.3) is 0 Å². The molecule has 7 heteroatoms. The van der Waals surface area contributed by atoms with Crippen LogP contribution in [0, 0.1) is 46.8 Å². The van der Waals surface area contributed by atoms with Crippen molar-refractivity contribution < 1.29 is 18.0 Å². The number of ketones is 1. The van der Waals surface area contributed by atoms with Crippen molar-refractivity contribution in [3.05, 3.63) is 12.7 Å². The van der Waals surface area contributed by atoms with E-state index in [1.165, 1.54) is 6.33 Å². The first-order valence-electron chi connectivity index (χ1n) is 11.7. The van der Waals surface area contributed by atoms with Crippen LogP contribution in [-0.4, -0.2) is 26.7 Å². The molecule has 4 nitrogen and oxygen atoms in total. The smallest absolute Gasteiger partial charge is 0.297 e. The fraction of sp³-hybridized carbons (Fsp3) is 0.870. The fourth-order valence-corrected chi connectivity index (χ4v) is 8.26. The van der Waals surface area contributed by atoms with Gasteiger partial charge in [-0.1, -0.05) is 6.92 Å². The number of carbonyl (C=O) groups is 1. The Morgan fingerprint density at radius 1 is 1.07 bits per heavy atom. The normalized spacial score (nSPS) is 43.5. The minimum atomic E-state index is -4.03. The van der Waals surface area contributed by atoms with Crippen molar-refractivity contribution in [2.24, 2.45) is 46.8 Å². The molecule has 30 heavy (non-hydrogen) atoms. The molecule has 0 spiro atoms. The minimum absolute atomic E-state index is 0.0365. The van der Waals surface area contributed by atoms with Crippen LogP contribution >= 0.6 is 0 Å². The van der Waals surface area contributed by atoms with Gasteiger partial charge >= 0.3 is 6.18 Å². The first kappa shape index (κ1) is 20.5. The standard InChI is InChI=1S/C23H32F3N3O/c1-22-9-8-17-16-5-3-15(23(24,25)26)10-14(16)2-4-18(17)19(22)6-7-20(22)21(30)11-29-13-27-12-28-29/h12-20H,2-11H2,1H3. The summed E-state index contributed by atoms with van der Waals surface area (Å²) in [7, 11) is 0. The second kappa shape index (κ2) is 7.33. The van der Waals surface area contributed by atoms with Gasteiger partial charge in [0.05, 0.1) is 5.92 Å². The molecule has 4 saturated carbocycles. The summed E-state index contributed by atoms with van der Waals surface area (Å²) >= 11 is 0. The molecule has 0 aromatic carbocycles. The molecule has 8 atom stereocenters. The molecular formula is C23H32F3N3O. The van der Waals surface area contributed by atoms with Crippen molar-refractivity contribution in [1.29, 1.82) is 0 Å². The highest BCUT2D eigenvalue weighted by atomic mass is 19.4. The molecule has 1 heterocycles. The van der Waals surface area contributed by atoms with E-state index >= 15 is 0 Å². The highest BCUT2D eigenvalue weighted by molar-refractivity contribution is 5.82. The number of nitrogens with zero attached hydrogens (tertiary/aromatic N) is 3. The average molecular weight is 424 g/mol. The number of carbonyl (C=O) groups excluding carboxylic acids is 1. The van der Waals surface area contributed by atoms with Crippen molar-refractivity contribution in [3.63, 3.8) is 0 Å². The van der Waals surface area contributed by atoms with Gasteiger partial charge in [0.2, 0.25) is 0 Å². The minimum Gasteiger partial charge on any atom is -0.297 e. The van der Waals surface area contributed by atoms with E-state index in [9.17, 15) is 18.0 Å². The molecule has 0 N–H and O–H groups in total. The third-order valence-corrected chi connectivity index (χ3v) is 9.59. The van der Waals surface area contributed by atoms with Crippen molar-refractivity contribution >= 4 is 5.78 Å². The maximum absolute atomic E-state index is 13.3. The molecule has 1 aromatic rings. The molecule has 0 saturated heterocycles. The number of fused-ring (bicyclic) bond motifs is 5. The van der Waals surface area contributed by atoms with E-state index in [0.29, 0.717) is 43.1 Å². The summed E-state index contributed by atoms with van der Waals surface area (Å²) < 4.78 is 41.4. The van der Waals surface area contributed by atoms with E-state index in [1.807, 2.05) is 0 Å². The number of hydrogen-bond acceptors (Lipinski definition) is 3. The topological polar surface area (TPSA) is 47.8 Å². The van der Waals surface area contributed by atoms with Gasteiger partial charge in [0, 0.05) is 5.92 Å². The van der Waals surface area contributed by atoms with Crippen LogP contribution in [-0.2, 0) is 11.3 Å². The van der Waals surface area contributed by atoms with E-state index in [0.717, 1.165) is 44.9 Å². The third kappa shape index (κ3) is 3.31. The first-order valence-corrected chi connectivity index (χ1v) is 11.7. The van der Waals surface area contributed by atoms with Gasteiger partial charge in [-0.05, 0) is 92.8 Å². The lowest BCUT2D eigenvalue weighted by Gasteiger charge is -2.56. The number of hydrogen-bond donors (Lipinski definition) is 0. The maximum Gasteiger partial charge on any atom is 0.391 e. The highest BCUT2D eigenvalue weighted by Gasteiger charge is 2.59. The molecule has 4 fully saturated rings. The van der Waals surface area contributed by atoms with Crippen LogP contribution in [0.15, 0.2) is 12.7 Å². The largest absolute Gasteiger partial charge is 0.391 e. The Labute approximate surface area is 176 Å². The van der Waals surface area contributed by atoms with Crippen LogP contribution in [0.1, 0.15) is 64.7 Å². The number of Topliss-reactive ketones (excluding diaryl/α,β-unsaturated/α-hetero) is 1. The fourth-order valence-electron chi connectivity index (χ4n) is 8.26. The Morgan fingerprint density at radius 3 is 2.60 bits per heavy atom. The lowest BCUT2D eigenvalue weighted by molar-refractivity contribution is -0.196. The van der Waals surface area contributed by atoms with E-state index in [2.05, 4.69) is 17.0 Å². The monoisotopic (exact) mass is 423 g/mol. The predicted molar refractivity (Wildman–Crippen MR) is 105 cm³/mol. The van der Waals surface area contributed by atoms with Crippen molar-refractivity contribution in [2.75, 3.05) is 0 Å². The van der Waals surface area contributed by atoms with Gasteiger partial charge in [0.1, 0.15) is 19.2 Å². The quantitative estimate of drug-likeness (QED) is 0.663. The van der Waals surface area contributed by atoms with Crippen molar-refractivity contribution in [1.82, 2.24) is 14.8 Å². The van der Waals surface area contributed by atoms with Gasteiger partial charge in [-0.2, -0.15) is 18.3 Å². The SMILES string of the molecule is CC12CCC3C4CCC(C(F)(F)F)CC4CCC3C1CCC2C(=O)Cn1cncn1. The Kier molecular flexibility index (Phi) is 5.01. The summed E-state index contributed by atoms with van der Waals surface area (Å²) in [5.74, 6) is 1.68. The van der Waals surface area contributed by atoms with Gasteiger partial charge in [0.15, 0.2) is 5.78 Å². The second-order valence-electron chi connectivity index (χ2n) is 10.7. The lowest BCUT2D eigenvalue weighted by atomic mass is 9.49. The molecular weight excluding hydrogens is 391 g/mol. The molecule has 8 unspecified atom stereocenters. The second-order valence-corrected chi connectivity index (χ2v) is 10.7. The van der Waals surface area contributed by atoms with Gasteiger partial charge < -0.3 is 0 Å². The van der Waals surface area contributed by atoms with Crippen LogP contribution in [0.5, 0.6) is 0 Å². The van der Waals surface area contributed by atoms with Crippen LogP contribution in [0.2, 0.25) is 0 Å². The lowest BCUT2D eigenvalue weighted by Crippen LogP contribution is -2.50. The molecule has 5 rings (SSSR count). The van der Waals surface area contributed by atoms with Gasteiger partial charge in [-0.15, -0.1) is 0 Å².